The highest BCUT2D eigenvalue weighted by Crippen LogP contribution is 2.00. The van der Waals surface area contributed by atoms with Gasteiger partial charge in [0.25, 0.3) is 0 Å². The summed E-state index contributed by atoms with van der Waals surface area (Å²) < 4.78 is 4.85. The lowest BCUT2D eigenvalue weighted by atomic mass is 10.3. The molecule has 1 unspecified atom stereocenters. The summed E-state index contributed by atoms with van der Waals surface area (Å²) in [7, 11) is 0. The fraction of sp³-hybridized carbons (Fsp3) is 0.714. The zero-order valence-corrected chi connectivity index (χ0v) is 6.74. The van der Waals surface area contributed by atoms with Gasteiger partial charge < -0.3 is 9.63 Å². The Morgan fingerprint density at radius 1 is 1.64 bits per heavy atom. The molecular formula is C7H12N2O2. The minimum Gasteiger partial charge on any atom is -0.393 e. The molecule has 4 heteroatoms. The van der Waals surface area contributed by atoms with Crippen LogP contribution in [-0.2, 0) is 12.8 Å². The summed E-state index contributed by atoms with van der Waals surface area (Å²) in [5, 5.41) is 12.7. The smallest absolute Gasteiger partial charge is 0.229 e. The van der Waals surface area contributed by atoms with E-state index >= 15 is 0 Å². The number of nitrogens with zero attached hydrogens (tertiary/aromatic N) is 2. The van der Waals surface area contributed by atoms with Gasteiger partial charge in [0, 0.05) is 6.42 Å². The number of rotatable bonds is 3. The van der Waals surface area contributed by atoms with Gasteiger partial charge in [-0.1, -0.05) is 12.1 Å². The minimum atomic E-state index is -0.417. The maximum Gasteiger partial charge on any atom is 0.229 e. The van der Waals surface area contributed by atoms with Crippen LogP contribution in [0.4, 0.5) is 0 Å². The fourth-order valence-electron chi connectivity index (χ4n) is 0.769. The van der Waals surface area contributed by atoms with Gasteiger partial charge >= 0.3 is 0 Å². The SMILES string of the molecule is CCc1noc(CC(C)O)n1. The van der Waals surface area contributed by atoms with Crippen molar-refractivity contribution in [1.82, 2.24) is 10.1 Å². The van der Waals surface area contributed by atoms with E-state index in [9.17, 15) is 0 Å². The van der Waals surface area contributed by atoms with Gasteiger partial charge in [0.15, 0.2) is 5.82 Å². The van der Waals surface area contributed by atoms with Crippen molar-refractivity contribution in [2.24, 2.45) is 0 Å². The molecule has 0 spiro atoms. The van der Waals surface area contributed by atoms with E-state index in [1.807, 2.05) is 6.92 Å². The average Bonchev–Trinajstić information content (AvgIpc) is 2.34. The second-order valence-electron chi connectivity index (χ2n) is 2.51. The molecule has 0 amide bonds. The van der Waals surface area contributed by atoms with Gasteiger partial charge in [-0.3, -0.25) is 0 Å². The van der Waals surface area contributed by atoms with E-state index in [4.69, 9.17) is 9.63 Å². The Hall–Kier alpha value is -0.900. The summed E-state index contributed by atoms with van der Waals surface area (Å²) in [4.78, 5) is 4.03. The Labute approximate surface area is 65.2 Å². The molecule has 1 rings (SSSR count). The van der Waals surface area contributed by atoms with Crippen LogP contribution in [-0.4, -0.2) is 21.4 Å². The molecule has 0 saturated heterocycles. The topological polar surface area (TPSA) is 59.2 Å². The van der Waals surface area contributed by atoms with Crippen LogP contribution in [0.15, 0.2) is 4.52 Å². The first-order chi connectivity index (χ1) is 5.22. The van der Waals surface area contributed by atoms with Gasteiger partial charge in [0.2, 0.25) is 5.89 Å². The highest BCUT2D eigenvalue weighted by Gasteiger charge is 2.06. The van der Waals surface area contributed by atoms with Gasteiger partial charge in [-0.15, -0.1) is 0 Å². The number of aliphatic hydroxyl groups is 1. The van der Waals surface area contributed by atoms with E-state index in [0.29, 0.717) is 18.1 Å². The van der Waals surface area contributed by atoms with Crippen LogP contribution in [0.3, 0.4) is 0 Å². The van der Waals surface area contributed by atoms with E-state index in [1.54, 1.807) is 6.92 Å². The summed E-state index contributed by atoms with van der Waals surface area (Å²) in [5.41, 5.74) is 0. The lowest BCUT2D eigenvalue weighted by molar-refractivity contribution is 0.181. The number of aromatic nitrogens is 2. The monoisotopic (exact) mass is 156 g/mol. The normalized spacial score (nSPS) is 13.4. The van der Waals surface area contributed by atoms with Crippen LogP contribution in [0, 0.1) is 0 Å². The maximum absolute atomic E-state index is 8.96. The Morgan fingerprint density at radius 2 is 2.36 bits per heavy atom. The number of aliphatic hydroxyl groups excluding tert-OH is 1. The third kappa shape index (κ3) is 2.31. The molecule has 1 atom stereocenters. The predicted molar refractivity (Wildman–Crippen MR) is 39.1 cm³/mol. The standard InChI is InChI=1S/C7H12N2O2/c1-3-6-8-7(11-9-6)4-5(2)10/h5,10H,3-4H2,1-2H3. The lowest BCUT2D eigenvalue weighted by Crippen LogP contribution is -2.04. The van der Waals surface area contributed by atoms with Gasteiger partial charge in [0.05, 0.1) is 12.5 Å². The van der Waals surface area contributed by atoms with E-state index < -0.39 is 6.10 Å². The average molecular weight is 156 g/mol. The van der Waals surface area contributed by atoms with Crippen molar-refractivity contribution < 1.29 is 9.63 Å². The maximum atomic E-state index is 8.96. The molecule has 1 N–H and O–H groups in total. The summed E-state index contributed by atoms with van der Waals surface area (Å²) in [6.45, 7) is 3.65. The Kier molecular flexibility index (Phi) is 2.59. The first-order valence-corrected chi connectivity index (χ1v) is 3.72. The van der Waals surface area contributed by atoms with E-state index in [2.05, 4.69) is 10.1 Å². The first kappa shape index (κ1) is 8.20. The van der Waals surface area contributed by atoms with Crippen LogP contribution in [0.2, 0.25) is 0 Å². The van der Waals surface area contributed by atoms with Crippen molar-refractivity contribution in [3.8, 4) is 0 Å². The molecule has 0 aliphatic heterocycles. The molecule has 0 saturated carbocycles. The number of hydrogen-bond acceptors (Lipinski definition) is 4. The van der Waals surface area contributed by atoms with Crippen LogP contribution in [0.25, 0.3) is 0 Å². The Morgan fingerprint density at radius 3 is 2.82 bits per heavy atom. The Balaban J connectivity index is 2.58. The second kappa shape index (κ2) is 3.48. The molecule has 1 heterocycles. The van der Waals surface area contributed by atoms with E-state index in [-0.39, 0.29) is 0 Å². The van der Waals surface area contributed by atoms with Crippen LogP contribution >= 0.6 is 0 Å². The van der Waals surface area contributed by atoms with Crippen molar-refractivity contribution in [2.45, 2.75) is 32.8 Å². The number of hydrogen-bond donors (Lipinski definition) is 1. The molecule has 11 heavy (non-hydrogen) atoms. The lowest BCUT2D eigenvalue weighted by Gasteiger charge is -1.95. The summed E-state index contributed by atoms with van der Waals surface area (Å²) in [5.74, 6) is 1.21. The van der Waals surface area contributed by atoms with Crippen LogP contribution in [0.1, 0.15) is 25.6 Å². The van der Waals surface area contributed by atoms with Crippen molar-refractivity contribution in [3.63, 3.8) is 0 Å². The van der Waals surface area contributed by atoms with Crippen molar-refractivity contribution in [2.75, 3.05) is 0 Å². The zero-order chi connectivity index (χ0) is 8.27. The molecule has 0 aliphatic rings. The summed E-state index contributed by atoms with van der Waals surface area (Å²) in [6.07, 6.45) is 0.788. The molecule has 1 aromatic rings. The highest BCUT2D eigenvalue weighted by atomic mass is 16.5. The third-order valence-corrected chi connectivity index (χ3v) is 1.30. The molecule has 0 bridgehead atoms. The van der Waals surface area contributed by atoms with Crippen molar-refractivity contribution in [1.29, 1.82) is 0 Å². The third-order valence-electron chi connectivity index (χ3n) is 1.30. The van der Waals surface area contributed by atoms with E-state index in [0.717, 1.165) is 6.42 Å². The minimum absolute atomic E-state index is 0.417. The first-order valence-electron chi connectivity index (χ1n) is 3.72. The molecule has 0 aromatic carbocycles. The van der Waals surface area contributed by atoms with Crippen LogP contribution in [0.5, 0.6) is 0 Å². The fourth-order valence-corrected chi connectivity index (χ4v) is 0.769. The number of aryl methyl sites for hydroxylation is 1. The van der Waals surface area contributed by atoms with Gasteiger partial charge in [0.1, 0.15) is 0 Å². The van der Waals surface area contributed by atoms with E-state index in [1.165, 1.54) is 0 Å². The second-order valence-corrected chi connectivity index (χ2v) is 2.51. The van der Waals surface area contributed by atoms with Gasteiger partial charge in [-0.05, 0) is 6.92 Å². The molecule has 62 valence electrons. The zero-order valence-electron chi connectivity index (χ0n) is 6.74. The Bertz CT molecular complexity index is 220. The van der Waals surface area contributed by atoms with Crippen LogP contribution < -0.4 is 0 Å². The largest absolute Gasteiger partial charge is 0.393 e. The predicted octanol–water partition coefficient (Wildman–Crippen LogP) is 0.555. The summed E-state index contributed by atoms with van der Waals surface area (Å²) in [6, 6.07) is 0. The molecule has 0 aliphatic carbocycles. The van der Waals surface area contributed by atoms with Gasteiger partial charge in [-0.2, -0.15) is 4.98 Å². The molecule has 0 radical (unpaired) electrons. The highest BCUT2D eigenvalue weighted by molar-refractivity contribution is 4.86. The summed E-state index contributed by atoms with van der Waals surface area (Å²) >= 11 is 0. The molecular weight excluding hydrogens is 144 g/mol. The van der Waals surface area contributed by atoms with Crippen molar-refractivity contribution >= 4 is 0 Å². The van der Waals surface area contributed by atoms with Crippen molar-refractivity contribution in [3.05, 3.63) is 11.7 Å². The van der Waals surface area contributed by atoms with Gasteiger partial charge in [-0.25, -0.2) is 0 Å². The molecule has 1 aromatic heterocycles. The quantitative estimate of drug-likeness (QED) is 0.694. The molecule has 0 fully saturated rings. The molecule has 4 nitrogen and oxygen atoms in total.